The summed E-state index contributed by atoms with van der Waals surface area (Å²) in [7, 11) is 0. The lowest BCUT2D eigenvalue weighted by Gasteiger charge is -1.88. The quantitative estimate of drug-likeness (QED) is 0.680. The van der Waals surface area contributed by atoms with Crippen molar-refractivity contribution >= 4 is 40.5 Å². The van der Waals surface area contributed by atoms with E-state index in [1.807, 2.05) is 17.5 Å². The molecular formula is C12H8O3S2. The molecule has 0 spiro atoms. The fraction of sp³-hybridized carbons (Fsp3) is 0. The molecule has 0 saturated carbocycles. The van der Waals surface area contributed by atoms with Gasteiger partial charge in [0, 0.05) is 4.88 Å². The first-order valence-electron chi connectivity index (χ1n) is 4.76. The second-order valence-electron chi connectivity index (χ2n) is 3.18. The monoisotopic (exact) mass is 264 g/mol. The Morgan fingerprint density at radius 1 is 1.18 bits per heavy atom. The van der Waals surface area contributed by atoms with Crippen molar-refractivity contribution in [2.45, 2.75) is 0 Å². The van der Waals surface area contributed by atoms with Gasteiger partial charge in [-0.25, -0.2) is 4.79 Å². The van der Waals surface area contributed by atoms with Crippen LogP contribution in [0.5, 0.6) is 0 Å². The number of thiophene rings is 2. The highest BCUT2D eigenvalue weighted by Crippen LogP contribution is 2.18. The molecule has 0 aliphatic rings. The Kier molecular flexibility index (Phi) is 3.51. The van der Waals surface area contributed by atoms with E-state index in [9.17, 15) is 9.59 Å². The van der Waals surface area contributed by atoms with Gasteiger partial charge in [0.2, 0.25) is 0 Å². The maximum Gasteiger partial charge on any atom is 0.345 e. The van der Waals surface area contributed by atoms with Gasteiger partial charge in [-0.15, -0.1) is 22.7 Å². The molecule has 0 saturated heterocycles. The van der Waals surface area contributed by atoms with E-state index >= 15 is 0 Å². The number of carbonyl (C=O) groups excluding carboxylic acids is 1. The van der Waals surface area contributed by atoms with Crippen LogP contribution in [-0.4, -0.2) is 16.9 Å². The highest BCUT2D eigenvalue weighted by molar-refractivity contribution is 7.16. The lowest BCUT2D eigenvalue weighted by atomic mass is 10.3. The van der Waals surface area contributed by atoms with E-state index in [4.69, 9.17) is 5.11 Å². The van der Waals surface area contributed by atoms with Gasteiger partial charge < -0.3 is 5.11 Å². The molecule has 3 nitrogen and oxygen atoms in total. The van der Waals surface area contributed by atoms with E-state index in [-0.39, 0.29) is 10.7 Å². The summed E-state index contributed by atoms with van der Waals surface area (Å²) in [5.74, 6) is -1.17. The largest absolute Gasteiger partial charge is 0.477 e. The van der Waals surface area contributed by atoms with Crippen LogP contribution in [0.2, 0.25) is 0 Å². The summed E-state index contributed by atoms with van der Waals surface area (Å²) in [5, 5.41) is 10.7. The SMILES string of the molecule is O=C(O)c1ccc(C(=O)C=Cc2cccs2)s1. The van der Waals surface area contributed by atoms with Crippen molar-refractivity contribution < 1.29 is 14.7 Å². The van der Waals surface area contributed by atoms with Crippen LogP contribution in [0.25, 0.3) is 6.08 Å². The van der Waals surface area contributed by atoms with E-state index in [0.717, 1.165) is 16.2 Å². The lowest BCUT2D eigenvalue weighted by molar-refractivity contribution is 0.0702. The van der Waals surface area contributed by atoms with Crippen molar-refractivity contribution in [2.75, 3.05) is 0 Å². The van der Waals surface area contributed by atoms with Crippen LogP contribution < -0.4 is 0 Å². The molecule has 2 aromatic heterocycles. The van der Waals surface area contributed by atoms with E-state index in [1.165, 1.54) is 18.2 Å². The molecule has 0 aliphatic carbocycles. The predicted octanol–water partition coefficient (Wildman–Crippen LogP) is 3.40. The van der Waals surface area contributed by atoms with E-state index in [1.54, 1.807) is 17.4 Å². The van der Waals surface area contributed by atoms with E-state index in [2.05, 4.69) is 0 Å². The normalized spacial score (nSPS) is 10.8. The average Bonchev–Trinajstić information content (AvgIpc) is 2.96. The highest BCUT2D eigenvalue weighted by atomic mass is 32.1. The summed E-state index contributed by atoms with van der Waals surface area (Å²) in [4.78, 5) is 24.0. The van der Waals surface area contributed by atoms with Gasteiger partial charge >= 0.3 is 5.97 Å². The zero-order chi connectivity index (χ0) is 12.3. The Bertz CT molecular complexity index is 564. The number of hydrogen-bond acceptors (Lipinski definition) is 4. The second-order valence-corrected chi connectivity index (χ2v) is 5.25. The summed E-state index contributed by atoms with van der Waals surface area (Å²) < 4.78 is 0. The first-order valence-corrected chi connectivity index (χ1v) is 6.45. The van der Waals surface area contributed by atoms with Crippen molar-refractivity contribution in [2.24, 2.45) is 0 Å². The van der Waals surface area contributed by atoms with E-state index in [0.29, 0.717) is 4.88 Å². The molecule has 0 atom stereocenters. The van der Waals surface area contributed by atoms with Crippen LogP contribution >= 0.6 is 22.7 Å². The third-order valence-corrected chi connectivity index (χ3v) is 3.93. The summed E-state index contributed by atoms with van der Waals surface area (Å²) in [6.45, 7) is 0. The molecule has 2 heterocycles. The van der Waals surface area contributed by atoms with Crippen LogP contribution in [0.1, 0.15) is 24.2 Å². The molecule has 2 aromatic rings. The molecule has 0 amide bonds. The van der Waals surface area contributed by atoms with Gasteiger partial charge in [0.15, 0.2) is 5.78 Å². The smallest absolute Gasteiger partial charge is 0.345 e. The van der Waals surface area contributed by atoms with Crippen LogP contribution in [0, 0.1) is 0 Å². The number of ketones is 1. The van der Waals surface area contributed by atoms with E-state index < -0.39 is 5.97 Å². The maximum absolute atomic E-state index is 11.7. The molecule has 17 heavy (non-hydrogen) atoms. The zero-order valence-corrected chi connectivity index (χ0v) is 10.3. The molecule has 0 fully saturated rings. The predicted molar refractivity (Wildman–Crippen MR) is 69.0 cm³/mol. The fourth-order valence-corrected chi connectivity index (χ4v) is 2.59. The highest BCUT2D eigenvalue weighted by Gasteiger charge is 2.10. The molecule has 2 rings (SSSR count). The third kappa shape index (κ3) is 2.89. The fourth-order valence-electron chi connectivity index (χ4n) is 1.21. The van der Waals surface area contributed by atoms with Crippen molar-refractivity contribution in [1.82, 2.24) is 0 Å². The van der Waals surface area contributed by atoms with Crippen LogP contribution in [-0.2, 0) is 0 Å². The molecule has 0 bridgehead atoms. The van der Waals surface area contributed by atoms with Crippen molar-refractivity contribution in [3.05, 3.63) is 50.4 Å². The van der Waals surface area contributed by atoms with Gasteiger partial charge in [0.05, 0.1) is 4.88 Å². The van der Waals surface area contributed by atoms with Gasteiger partial charge in [-0.1, -0.05) is 6.07 Å². The topological polar surface area (TPSA) is 54.4 Å². The Balaban J connectivity index is 2.12. The Hall–Kier alpha value is -1.72. The molecule has 5 heteroatoms. The van der Waals surface area contributed by atoms with Crippen LogP contribution in [0.4, 0.5) is 0 Å². The van der Waals surface area contributed by atoms with Gasteiger partial charge in [-0.3, -0.25) is 4.79 Å². The Morgan fingerprint density at radius 3 is 2.53 bits per heavy atom. The number of aromatic carboxylic acids is 1. The first kappa shape index (κ1) is 11.8. The van der Waals surface area contributed by atoms with Crippen molar-refractivity contribution in [3.8, 4) is 0 Å². The second kappa shape index (κ2) is 5.07. The molecule has 0 aromatic carbocycles. The molecule has 0 unspecified atom stereocenters. The number of carboxylic acids is 1. The van der Waals surface area contributed by atoms with Crippen LogP contribution in [0.3, 0.4) is 0 Å². The van der Waals surface area contributed by atoms with Gasteiger partial charge in [0.25, 0.3) is 0 Å². The maximum atomic E-state index is 11.7. The number of rotatable bonds is 4. The van der Waals surface area contributed by atoms with Gasteiger partial charge in [0.1, 0.15) is 4.88 Å². The number of hydrogen-bond donors (Lipinski definition) is 1. The minimum Gasteiger partial charge on any atom is -0.477 e. The standard InChI is InChI=1S/C12H8O3S2/c13-9(4-3-8-2-1-7-16-8)10-5-6-11(17-10)12(14)15/h1-7H,(H,14,15). The molecular weight excluding hydrogens is 256 g/mol. The first-order chi connectivity index (χ1) is 8.16. The molecule has 0 aliphatic heterocycles. The Labute approximate surface area is 106 Å². The summed E-state index contributed by atoms with van der Waals surface area (Å²) in [6.07, 6.45) is 3.19. The Morgan fingerprint density at radius 2 is 1.94 bits per heavy atom. The number of allylic oxidation sites excluding steroid dienone is 1. The van der Waals surface area contributed by atoms with Gasteiger partial charge in [-0.05, 0) is 35.7 Å². The van der Waals surface area contributed by atoms with Gasteiger partial charge in [-0.2, -0.15) is 0 Å². The molecule has 0 radical (unpaired) electrons. The third-order valence-electron chi connectivity index (χ3n) is 2.00. The van der Waals surface area contributed by atoms with Crippen molar-refractivity contribution in [1.29, 1.82) is 0 Å². The summed E-state index contributed by atoms with van der Waals surface area (Å²) in [5.41, 5.74) is 0. The molecule has 86 valence electrons. The van der Waals surface area contributed by atoms with Crippen molar-refractivity contribution in [3.63, 3.8) is 0 Å². The zero-order valence-electron chi connectivity index (χ0n) is 8.62. The summed E-state index contributed by atoms with van der Waals surface area (Å²) in [6, 6.07) is 6.79. The summed E-state index contributed by atoms with van der Waals surface area (Å²) >= 11 is 2.53. The minimum absolute atomic E-state index is 0.170. The lowest BCUT2D eigenvalue weighted by Crippen LogP contribution is -1.91. The van der Waals surface area contributed by atoms with Crippen LogP contribution in [0.15, 0.2) is 35.7 Å². The molecule has 1 N–H and O–H groups in total. The number of carboxylic acid groups (broad SMARTS) is 1. The number of carbonyl (C=O) groups is 2. The average molecular weight is 264 g/mol. The minimum atomic E-state index is -1.00.